The highest BCUT2D eigenvalue weighted by Gasteiger charge is 2.30. The van der Waals surface area contributed by atoms with Crippen molar-refractivity contribution in [2.24, 2.45) is 0 Å². The summed E-state index contributed by atoms with van der Waals surface area (Å²) in [5.74, 6) is 1.06. The highest BCUT2D eigenvalue weighted by molar-refractivity contribution is 5.65. The van der Waals surface area contributed by atoms with Crippen LogP contribution >= 0.6 is 0 Å². The predicted molar refractivity (Wildman–Crippen MR) is 81.3 cm³/mol. The zero-order chi connectivity index (χ0) is 17.2. The van der Waals surface area contributed by atoms with Crippen LogP contribution in [-0.4, -0.2) is 16.7 Å². The van der Waals surface area contributed by atoms with Crippen molar-refractivity contribution in [1.82, 2.24) is 10.1 Å². The number of halogens is 3. The second kappa shape index (κ2) is 6.35. The molecule has 3 rings (SSSR count). The number of hydrogen-bond donors (Lipinski definition) is 0. The fraction of sp³-hybridized carbons (Fsp3) is 0.176. The first-order valence-electron chi connectivity index (χ1n) is 7.22. The van der Waals surface area contributed by atoms with E-state index in [1.165, 1.54) is 12.1 Å². The van der Waals surface area contributed by atoms with Crippen molar-refractivity contribution in [2.45, 2.75) is 13.1 Å². The van der Waals surface area contributed by atoms with Gasteiger partial charge in [0.1, 0.15) is 5.75 Å². The van der Waals surface area contributed by atoms with Crippen LogP contribution in [0, 0.1) is 0 Å². The molecule has 0 spiro atoms. The smallest absolute Gasteiger partial charge is 0.416 e. The van der Waals surface area contributed by atoms with Gasteiger partial charge >= 0.3 is 6.18 Å². The second-order valence-corrected chi connectivity index (χ2v) is 4.93. The lowest BCUT2D eigenvalue weighted by Gasteiger charge is -2.06. The second-order valence-electron chi connectivity index (χ2n) is 4.93. The van der Waals surface area contributed by atoms with Crippen LogP contribution in [-0.2, 0) is 6.18 Å². The monoisotopic (exact) mass is 334 g/mol. The van der Waals surface area contributed by atoms with Crippen LogP contribution in [0.25, 0.3) is 22.8 Å². The Morgan fingerprint density at radius 2 is 1.75 bits per heavy atom. The molecule has 4 nitrogen and oxygen atoms in total. The first kappa shape index (κ1) is 16.0. The Kier molecular flexibility index (Phi) is 4.24. The number of alkyl halides is 3. The molecule has 0 aliphatic carbocycles. The van der Waals surface area contributed by atoms with Crippen molar-refractivity contribution >= 4 is 0 Å². The van der Waals surface area contributed by atoms with E-state index in [9.17, 15) is 13.2 Å². The first-order chi connectivity index (χ1) is 11.5. The topological polar surface area (TPSA) is 48.2 Å². The molecule has 0 radical (unpaired) electrons. The van der Waals surface area contributed by atoms with Gasteiger partial charge in [-0.2, -0.15) is 18.2 Å². The van der Waals surface area contributed by atoms with Crippen molar-refractivity contribution in [2.75, 3.05) is 6.61 Å². The molecule has 1 aromatic heterocycles. The van der Waals surface area contributed by atoms with E-state index in [0.717, 1.165) is 12.1 Å². The maximum Gasteiger partial charge on any atom is 0.416 e. The van der Waals surface area contributed by atoms with Gasteiger partial charge in [-0.05, 0) is 31.2 Å². The third kappa shape index (κ3) is 3.24. The number of benzene rings is 2. The fourth-order valence-electron chi connectivity index (χ4n) is 2.18. The van der Waals surface area contributed by atoms with Gasteiger partial charge in [-0.3, -0.25) is 0 Å². The molecule has 0 aliphatic rings. The van der Waals surface area contributed by atoms with Crippen molar-refractivity contribution in [3.63, 3.8) is 0 Å². The van der Waals surface area contributed by atoms with Crippen LogP contribution in [0.3, 0.4) is 0 Å². The van der Waals surface area contributed by atoms with E-state index in [-0.39, 0.29) is 11.7 Å². The van der Waals surface area contributed by atoms with E-state index in [2.05, 4.69) is 10.1 Å². The average molecular weight is 334 g/mol. The molecule has 0 aliphatic heterocycles. The molecule has 124 valence electrons. The van der Waals surface area contributed by atoms with E-state index in [0.29, 0.717) is 23.5 Å². The molecule has 3 aromatic rings. The van der Waals surface area contributed by atoms with Gasteiger partial charge in [0.05, 0.1) is 17.7 Å². The molecule has 0 fully saturated rings. The van der Waals surface area contributed by atoms with Crippen molar-refractivity contribution in [1.29, 1.82) is 0 Å². The van der Waals surface area contributed by atoms with E-state index < -0.39 is 11.7 Å². The minimum atomic E-state index is -4.38. The fourth-order valence-corrected chi connectivity index (χ4v) is 2.18. The number of aromatic nitrogens is 2. The summed E-state index contributed by atoms with van der Waals surface area (Å²) in [5.41, 5.74) is 0.341. The van der Waals surface area contributed by atoms with Crippen molar-refractivity contribution < 1.29 is 22.4 Å². The molecule has 0 amide bonds. The summed E-state index contributed by atoms with van der Waals surface area (Å²) in [4.78, 5) is 4.25. The first-order valence-corrected chi connectivity index (χ1v) is 7.22. The zero-order valence-electron chi connectivity index (χ0n) is 12.7. The molecular formula is C17H13F3N2O2. The number of rotatable bonds is 4. The van der Waals surface area contributed by atoms with E-state index >= 15 is 0 Å². The standard InChI is InChI=1S/C17H13F3N2O2/c1-2-23-14-6-4-3-5-13(14)16-21-15(22-24-16)11-7-9-12(10-8-11)17(18,19)20/h3-10H,2H2,1H3. The van der Waals surface area contributed by atoms with Crippen LogP contribution < -0.4 is 4.74 Å². The quantitative estimate of drug-likeness (QED) is 0.686. The van der Waals surface area contributed by atoms with Gasteiger partial charge in [0.25, 0.3) is 5.89 Å². The number of hydrogen-bond acceptors (Lipinski definition) is 4. The molecule has 0 bridgehead atoms. The molecule has 1 heterocycles. The Labute approximate surface area is 135 Å². The summed E-state index contributed by atoms with van der Waals surface area (Å²) in [7, 11) is 0. The minimum Gasteiger partial charge on any atom is -0.493 e. The normalized spacial score (nSPS) is 11.5. The third-order valence-corrected chi connectivity index (χ3v) is 3.31. The van der Waals surface area contributed by atoms with E-state index in [1.807, 2.05) is 13.0 Å². The van der Waals surface area contributed by atoms with Crippen LogP contribution in [0.2, 0.25) is 0 Å². The summed E-state index contributed by atoms with van der Waals surface area (Å²) in [6.07, 6.45) is -4.38. The van der Waals surface area contributed by atoms with Gasteiger partial charge in [-0.15, -0.1) is 0 Å². The summed E-state index contributed by atoms with van der Waals surface area (Å²) >= 11 is 0. The Morgan fingerprint density at radius 1 is 1.04 bits per heavy atom. The molecule has 0 saturated heterocycles. The SMILES string of the molecule is CCOc1ccccc1-c1nc(-c2ccc(C(F)(F)F)cc2)no1. The van der Waals surface area contributed by atoms with Gasteiger partial charge in [-0.25, -0.2) is 0 Å². The molecule has 0 atom stereocenters. The molecule has 24 heavy (non-hydrogen) atoms. The van der Waals surface area contributed by atoms with Gasteiger partial charge in [0.15, 0.2) is 0 Å². The molecular weight excluding hydrogens is 321 g/mol. The van der Waals surface area contributed by atoms with Crippen LogP contribution in [0.5, 0.6) is 5.75 Å². The maximum atomic E-state index is 12.6. The summed E-state index contributed by atoms with van der Waals surface area (Å²) in [5, 5.41) is 3.83. The average Bonchev–Trinajstić information content (AvgIpc) is 3.05. The Morgan fingerprint density at radius 3 is 2.42 bits per heavy atom. The third-order valence-electron chi connectivity index (χ3n) is 3.31. The minimum absolute atomic E-state index is 0.213. The number of nitrogens with zero attached hydrogens (tertiary/aromatic N) is 2. The van der Waals surface area contributed by atoms with Crippen LogP contribution in [0.1, 0.15) is 12.5 Å². The molecule has 0 unspecified atom stereocenters. The Hall–Kier alpha value is -2.83. The van der Waals surface area contributed by atoms with Crippen LogP contribution in [0.4, 0.5) is 13.2 Å². The summed E-state index contributed by atoms with van der Waals surface area (Å²) in [6, 6.07) is 11.8. The summed E-state index contributed by atoms with van der Waals surface area (Å²) < 4.78 is 48.5. The largest absolute Gasteiger partial charge is 0.493 e. The van der Waals surface area contributed by atoms with Gasteiger partial charge < -0.3 is 9.26 Å². The lowest BCUT2D eigenvalue weighted by atomic mass is 10.1. The summed E-state index contributed by atoms with van der Waals surface area (Å²) in [6.45, 7) is 2.34. The number of para-hydroxylation sites is 1. The predicted octanol–water partition coefficient (Wildman–Crippen LogP) is 4.82. The van der Waals surface area contributed by atoms with Gasteiger partial charge in [-0.1, -0.05) is 29.4 Å². The Bertz CT molecular complexity index is 826. The zero-order valence-corrected chi connectivity index (χ0v) is 12.7. The highest BCUT2D eigenvalue weighted by Crippen LogP contribution is 2.32. The van der Waals surface area contributed by atoms with Crippen LogP contribution in [0.15, 0.2) is 53.1 Å². The molecule has 2 aromatic carbocycles. The lowest BCUT2D eigenvalue weighted by molar-refractivity contribution is -0.137. The highest BCUT2D eigenvalue weighted by atomic mass is 19.4. The van der Waals surface area contributed by atoms with E-state index in [1.54, 1.807) is 18.2 Å². The maximum absolute atomic E-state index is 12.6. The van der Waals surface area contributed by atoms with Gasteiger partial charge in [0, 0.05) is 5.56 Å². The van der Waals surface area contributed by atoms with E-state index in [4.69, 9.17) is 9.26 Å². The molecule has 7 heteroatoms. The van der Waals surface area contributed by atoms with Crippen molar-refractivity contribution in [3.05, 3.63) is 54.1 Å². The van der Waals surface area contributed by atoms with Gasteiger partial charge in [0.2, 0.25) is 5.82 Å². The lowest BCUT2D eigenvalue weighted by Crippen LogP contribution is -2.04. The molecule has 0 N–H and O–H groups in total. The molecule has 0 saturated carbocycles. The van der Waals surface area contributed by atoms with Crippen molar-refractivity contribution in [3.8, 4) is 28.6 Å². The number of ether oxygens (including phenoxy) is 1. The Balaban J connectivity index is 1.91.